The Morgan fingerprint density at radius 2 is 1.81 bits per heavy atom. The first-order valence-electron chi connectivity index (χ1n) is 9.89. The van der Waals surface area contributed by atoms with Crippen LogP contribution in [0.2, 0.25) is 0 Å². The maximum atomic E-state index is 14.2. The molecule has 0 unspecified atom stereocenters. The van der Waals surface area contributed by atoms with Crippen LogP contribution in [0.1, 0.15) is 11.1 Å². The van der Waals surface area contributed by atoms with Crippen molar-refractivity contribution in [3.05, 3.63) is 102 Å². The fraction of sp³-hybridized carbons (Fsp3) is 0.0800. The first-order chi connectivity index (χ1) is 15.2. The number of nitrogens with zero attached hydrogens (tertiary/aromatic N) is 3. The molecule has 0 fully saturated rings. The normalized spacial score (nSPS) is 11.1. The van der Waals surface area contributed by atoms with Crippen molar-refractivity contribution in [1.29, 1.82) is 0 Å². The molecule has 5 rings (SSSR count). The van der Waals surface area contributed by atoms with E-state index in [0.29, 0.717) is 16.4 Å². The smallest absolute Gasteiger partial charge is 0.233 e. The first-order valence-corrected chi connectivity index (χ1v) is 10.7. The molecule has 0 atom stereocenters. The van der Waals surface area contributed by atoms with E-state index in [9.17, 15) is 9.18 Å². The molecular weight excluding hydrogens is 409 g/mol. The SMILES string of the molecule is O=C(Cc1ccc2ccccc2c1)N(Cc1cccnc1)c1nc2c(F)cccc2s1. The highest BCUT2D eigenvalue weighted by atomic mass is 32.1. The fourth-order valence-electron chi connectivity index (χ4n) is 3.57. The van der Waals surface area contributed by atoms with Crippen molar-refractivity contribution in [3.63, 3.8) is 0 Å². The van der Waals surface area contributed by atoms with Gasteiger partial charge in [0.25, 0.3) is 0 Å². The van der Waals surface area contributed by atoms with Crippen molar-refractivity contribution in [1.82, 2.24) is 9.97 Å². The standard InChI is InChI=1S/C25H18FN3OS/c26-21-8-3-9-22-24(21)28-25(31-22)29(16-18-5-4-12-27-15-18)23(30)14-17-10-11-19-6-1-2-7-20(19)13-17/h1-13,15H,14,16H2. The van der Waals surface area contributed by atoms with E-state index in [0.717, 1.165) is 21.9 Å². The summed E-state index contributed by atoms with van der Waals surface area (Å²) in [5, 5.41) is 2.70. The number of halogens is 1. The van der Waals surface area contributed by atoms with E-state index in [1.807, 2.05) is 60.7 Å². The molecule has 0 N–H and O–H groups in total. The molecule has 0 saturated carbocycles. The first kappa shape index (κ1) is 19.3. The zero-order valence-corrected chi connectivity index (χ0v) is 17.3. The van der Waals surface area contributed by atoms with Gasteiger partial charge in [0.05, 0.1) is 17.7 Å². The van der Waals surface area contributed by atoms with E-state index in [1.54, 1.807) is 23.4 Å². The Kier molecular flexibility index (Phi) is 5.14. The monoisotopic (exact) mass is 427 g/mol. The van der Waals surface area contributed by atoms with Crippen LogP contribution in [0.15, 0.2) is 85.2 Å². The van der Waals surface area contributed by atoms with Crippen LogP contribution >= 0.6 is 11.3 Å². The highest BCUT2D eigenvalue weighted by Gasteiger charge is 2.21. The Morgan fingerprint density at radius 3 is 2.61 bits per heavy atom. The third-order valence-corrected chi connectivity index (χ3v) is 6.17. The van der Waals surface area contributed by atoms with Gasteiger partial charge in [-0.25, -0.2) is 9.37 Å². The summed E-state index contributed by atoms with van der Waals surface area (Å²) in [6, 6.07) is 22.7. The molecule has 2 heterocycles. The van der Waals surface area contributed by atoms with Crippen LogP contribution in [0, 0.1) is 5.82 Å². The molecule has 4 nitrogen and oxygen atoms in total. The number of benzene rings is 3. The molecule has 5 aromatic rings. The number of fused-ring (bicyclic) bond motifs is 2. The number of thiazole rings is 1. The molecule has 0 aliphatic rings. The molecule has 31 heavy (non-hydrogen) atoms. The number of para-hydroxylation sites is 1. The van der Waals surface area contributed by atoms with Crippen molar-refractivity contribution < 1.29 is 9.18 Å². The molecular formula is C25H18FN3OS. The Morgan fingerprint density at radius 1 is 0.935 bits per heavy atom. The Hall–Kier alpha value is -3.64. The molecule has 0 spiro atoms. The van der Waals surface area contributed by atoms with Gasteiger partial charge in [-0.3, -0.25) is 14.7 Å². The number of rotatable bonds is 5. The maximum absolute atomic E-state index is 14.2. The van der Waals surface area contributed by atoms with Gasteiger partial charge in [-0.05, 0) is 40.1 Å². The fourth-order valence-corrected chi connectivity index (χ4v) is 4.57. The molecule has 1 amide bonds. The highest BCUT2D eigenvalue weighted by Crippen LogP contribution is 2.31. The van der Waals surface area contributed by atoms with Crippen molar-refractivity contribution in [2.75, 3.05) is 4.90 Å². The van der Waals surface area contributed by atoms with Crippen LogP contribution in [-0.2, 0) is 17.8 Å². The minimum Gasteiger partial charge on any atom is -0.283 e. The molecule has 0 saturated heterocycles. The summed E-state index contributed by atoms with van der Waals surface area (Å²) < 4.78 is 14.9. The number of amides is 1. The van der Waals surface area contributed by atoms with Crippen LogP contribution in [0.5, 0.6) is 0 Å². The molecule has 2 aromatic heterocycles. The van der Waals surface area contributed by atoms with Gasteiger partial charge in [0.1, 0.15) is 11.3 Å². The molecule has 0 radical (unpaired) electrons. The molecule has 0 bridgehead atoms. The summed E-state index contributed by atoms with van der Waals surface area (Å²) in [5.41, 5.74) is 2.10. The van der Waals surface area contributed by atoms with Gasteiger partial charge in [-0.15, -0.1) is 0 Å². The van der Waals surface area contributed by atoms with Gasteiger partial charge in [0.15, 0.2) is 5.13 Å². The Balaban J connectivity index is 1.50. The van der Waals surface area contributed by atoms with E-state index in [4.69, 9.17) is 0 Å². The number of aromatic nitrogens is 2. The highest BCUT2D eigenvalue weighted by molar-refractivity contribution is 7.22. The largest absolute Gasteiger partial charge is 0.283 e. The number of carbonyl (C=O) groups is 1. The van der Waals surface area contributed by atoms with Gasteiger partial charge >= 0.3 is 0 Å². The second kappa shape index (κ2) is 8.24. The third-order valence-electron chi connectivity index (χ3n) is 5.12. The van der Waals surface area contributed by atoms with Gasteiger partial charge in [0, 0.05) is 12.4 Å². The molecule has 152 valence electrons. The second-order valence-corrected chi connectivity index (χ2v) is 8.29. The molecule has 6 heteroatoms. The Labute approximate surface area is 182 Å². The van der Waals surface area contributed by atoms with Crippen LogP contribution in [0.25, 0.3) is 21.0 Å². The zero-order chi connectivity index (χ0) is 21.2. The predicted molar refractivity (Wildman–Crippen MR) is 123 cm³/mol. The topological polar surface area (TPSA) is 46.1 Å². The summed E-state index contributed by atoms with van der Waals surface area (Å²) >= 11 is 1.31. The van der Waals surface area contributed by atoms with Crippen LogP contribution in [0.4, 0.5) is 9.52 Å². The lowest BCUT2D eigenvalue weighted by Gasteiger charge is -2.20. The minimum atomic E-state index is -0.386. The van der Waals surface area contributed by atoms with E-state index < -0.39 is 0 Å². The zero-order valence-electron chi connectivity index (χ0n) is 16.5. The van der Waals surface area contributed by atoms with Crippen molar-refractivity contribution in [2.24, 2.45) is 0 Å². The average molecular weight is 428 g/mol. The van der Waals surface area contributed by atoms with Gasteiger partial charge in [0.2, 0.25) is 5.91 Å². The van der Waals surface area contributed by atoms with Crippen molar-refractivity contribution in [2.45, 2.75) is 13.0 Å². The summed E-state index contributed by atoms with van der Waals surface area (Å²) in [7, 11) is 0. The molecule has 0 aliphatic carbocycles. The Bertz CT molecular complexity index is 1380. The lowest BCUT2D eigenvalue weighted by atomic mass is 10.0. The third kappa shape index (κ3) is 4.02. The predicted octanol–water partition coefficient (Wildman–Crippen LogP) is 5.76. The van der Waals surface area contributed by atoms with Gasteiger partial charge in [-0.2, -0.15) is 0 Å². The number of pyridine rings is 1. The molecule has 0 aliphatic heterocycles. The molecule has 3 aromatic carbocycles. The minimum absolute atomic E-state index is 0.0985. The number of carbonyl (C=O) groups excluding carboxylic acids is 1. The van der Waals surface area contributed by atoms with E-state index in [1.165, 1.54) is 17.4 Å². The summed E-state index contributed by atoms with van der Waals surface area (Å²) in [6.07, 6.45) is 3.64. The van der Waals surface area contributed by atoms with E-state index in [2.05, 4.69) is 9.97 Å². The summed E-state index contributed by atoms with van der Waals surface area (Å²) in [5.74, 6) is -0.484. The second-order valence-electron chi connectivity index (χ2n) is 7.28. The number of anilines is 1. The van der Waals surface area contributed by atoms with Crippen LogP contribution in [-0.4, -0.2) is 15.9 Å². The van der Waals surface area contributed by atoms with E-state index in [-0.39, 0.29) is 23.7 Å². The number of hydrogen-bond donors (Lipinski definition) is 0. The quantitative estimate of drug-likeness (QED) is 0.358. The summed E-state index contributed by atoms with van der Waals surface area (Å²) in [4.78, 5) is 23.6. The summed E-state index contributed by atoms with van der Waals surface area (Å²) in [6.45, 7) is 0.321. The van der Waals surface area contributed by atoms with Crippen LogP contribution in [0.3, 0.4) is 0 Å². The maximum Gasteiger partial charge on any atom is 0.233 e. The number of hydrogen-bond acceptors (Lipinski definition) is 4. The lowest BCUT2D eigenvalue weighted by molar-refractivity contribution is -0.118. The average Bonchev–Trinajstić information content (AvgIpc) is 3.23. The van der Waals surface area contributed by atoms with Gasteiger partial charge in [-0.1, -0.05) is 65.9 Å². The lowest BCUT2D eigenvalue weighted by Crippen LogP contribution is -2.31. The van der Waals surface area contributed by atoms with E-state index >= 15 is 0 Å². The van der Waals surface area contributed by atoms with Crippen molar-refractivity contribution in [3.8, 4) is 0 Å². The van der Waals surface area contributed by atoms with Gasteiger partial charge < -0.3 is 0 Å². The van der Waals surface area contributed by atoms with Crippen molar-refractivity contribution >= 4 is 43.4 Å². The van der Waals surface area contributed by atoms with Crippen LogP contribution < -0.4 is 4.90 Å².